The van der Waals surface area contributed by atoms with Crippen LogP contribution in [0.2, 0.25) is 0 Å². The first-order valence-electron chi connectivity index (χ1n) is 13.0. The number of allylic oxidation sites excluding steroid dienone is 1. The normalized spacial score (nSPS) is 21.2. The zero-order valence-electron chi connectivity index (χ0n) is 22.5. The van der Waals surface area contributed by atoms with Crippen molar-refractivity contribution >= 4 is 6.03 Å². The minimum absolute atomic E-state index is 0.0480. The predicted octanol–water partition coefficient (Wildman–Crippen LogP) is 5.62. The Morgan fingerprint density at radius 3 is 2.38 bits per heavy atom. The summed E-state index contributed by atoms with van der Waals surface area (Å²) in [5.74, 6) is 1.53. The number of carbonyl (C=O) groups is 1. The van der Waals surface area contributed by atoms with Crippen LogP contribution in [-0.4, -0.2) is 58.7 Å². The smallest absolute Gasteiger partial charge is 0.329 e. The van der Waals surface area contributed by atoms with E-state index in [-0.39, 0.29) is 11.9 Å². The molecule has 7 nitrogen and oxygen atoms in total. The molecule has 0 bridgehead atoms. The molecule has 2 aromatic carbocycles. The lowest BCUT2D eigenvalue weighted by molar-refractivity contribution is 0.109. The summed E-state index contributed by atoms with van der Waals surface area (Å²) in [6.45, 7) is 9.48. The summed E-state index contributed by atoms with van der Waals surface area (Å²) in [7, 11) is 3.31. The Morgan fingerprint density at radius 2 is 1.76 bits per heavy atom. The van der Waals surface area contributed by atoms with Crippen molar-refractivity contribution in [3.05, 3.63) is 82.4 Å². The highest BCUT2D eigenvalue weighted by atomic mass is 16.5. The van der Waals surface area contributed by atoms with E-state index in [4.69, 9.17) is 9.47 Å². The molecule has 1 spiro atoms. The van der Waals surface area contributed by atoms with Crippen molar-refractivity contribution < 1.29 is 19.4 Å². The number of piperidine rings is 1. The van der Waals surface area contributed by atoms with Crippen LogP contribution >= 0.6 is 0 Å². The highest BCUT2D eigenvalue weighted by molar-refractivity contribution is 5.84. The summed E-state index contributed by atoms with van der Waals surface area (Å²) in [4.78, 5) is 19.9. The molecule has 3 aliphatic rings. The maximum atomic E-state index is 13.8. The Bertz CT molecular complexity index is 1240. The Hall–Kier alpha value is -3.45. The van der Waals surface area contributed by atoms with Crippen molar-refractivity contribution in [2.45, 2.75) is 58.2 Å². The molecule has 196 valence electrons. The van der Waals surface area contributed by atoms with E-state index >= 15 is 0 Å². The lowest BCUT2D eigenvalue weighted by Gasteiger charge is -2.43. The van der Waals surface area contributed by atoms with E-state index in [1.54, 1.807) is 19.1 Å². The van der Waals surface area contributed by atoms with E-state index in [0.717, 1.165) is 61.3 Å². The van der Waals surface area contributed by atoms with Gasteiger partial charge in [-0.2, -0.15) is 0 Å². The van der Waals surface area contributed by atoms with Gasteiger partial charge < -0.3 is 14.6 Å². The molecule has 0 unspecified atom stereocenters. The van der Waals surface area contributed by atoms with Gasteiger partial charge in [0.1, 0.15) is 11.5 Å². The average molecular weight is 504 g/mol. The van der Waals surface area contributed by atoms with Gasteiger partial charge in [0.15, 0.2) is 0 Å². The second kappa shape index (κ2) is 9.78. The van der Waals surface area contributed by atoms with Gasteiger partial charge in [-0.25, -0.2) is 4.79 Å². The molecular formula is C30H37N3O4. The molecule has 1 N–H and O–H groups in total. The monoisotopic (exact) mass is 503 g/mol. The fraction of sp³-hybridized carbons (Fsp3) is 0.433. The van der Waals surface area contributed by atoms with Crippen molar-refractivity contribution in [3.63, 3.8) is 0 Å². The van der Waals surface area contributed by atoms with Crippen molar-refractivity contribution in [3.8, 4) is 11.5 Å². The molecule has 2 amide bonds. The van der Waals surface area contributed by atoms with Crippen molar-refractivity contribution in [2.75, 3.05) is 27.3 Å². The van der Waals surface area contributed by atoms with E-state index < -0.39 is 5.54 Å². The number of fused-ring (bicyclic) bond motifs is 3. The number of hydrogen-bond acceptors (Lipinski definition) is 5. The summed E-state index contributed by atoms with van der Waals surface area (Å²) >= 11 is 0. The van der Waals surface area contributed by atoms with Crippen LogP contribution in [-0.2, 0) is 13.1 Å². The summed E-state index contributed by atoms with van der Waals surface area (Å²) in [5.41, 5.74) is 6.51. The summed E-state index contributed by atoms with van der Waals surface area (Å²) in [6, 6.07) is 10.5. The van der Waals surface area contributed by atoms with Crippen molar-refractivity contribution in [1.82, 2.24) is 14.7 Å². The van der Waals surface area contributed by atoms with Crippen molar-refractivity contribution in [2.24, 2.45) is 0 Å². The molecule has 2 aromatic rings. The lowest BCUT2D eigenvalue weighted by Crippen LogP contribution is -2.51. The van der Waals surface area contributed by atoms with Crippen LogP contribution < -0.4 is 9.47 Å². The van der Waals surface area contributed by atoms with Gasteiger partial charge in [0.05, 0.1) is 32.6 Å². The Morgan fingerprint density at radius 1 is 1.05 bits per heavy atom. The number of likely N-dealkylation sites (tertiary alicyclic amines) is 1. The number of nitrogens with zero attached hydrogens (tertiary/aromatic N) is 3. The molecule has 5 rings (SSSR count). The van der Waals surface area contributed by atoms with Gasteiger partial charge in [-0.05, 0) is 43.9 Å². The number of ether oxygens (including phenoxy) is 2. The summed E-state index contributed by atoms with van der Waals surface area (Å²) < 4.78 is 11.3. The topological polar surface area (TPSA) is 65.5 Å². The summed E-state index contributed by atoms with van der Waals surface area (Å²) in [5, 5.41) is 9.74. The van der Waals surface area contributed by atoms with Crippen molar-refractivity contribution in [1.29, 1.82) is 0 Å². The second-order valence-corrected chi connectivity index (χ2v) is 10.6. The standard InChI is InChI=1S/C30H37N3O4/c1-20-12-21(2)14-23(13-20)18-31-8-6-30(7-9-31)27-15-22(3)28-24(16-25(36-4)17-26(28)37-5)19-32(27)29(35)33(30)10-11-34/h10-17,22,34H,6-9,18-19H2,1-5H3/b11-10+/t22-/m0/s1. The van der Waals surface area contributed by atoms with E-state index in [9.17, 15) is 9.90 Å². The fourth-order valence-corrected chi connectivity index (χ4v) is 6.54. The van der Waals surface area contributed by atoms with Gasteiger partial charge in [0.25, 0.3) is 0 Å². The zero-order valence-corrected chi connectivity index (χ0v) is 22.5. The molecule has 1 atom stereocenters. The van der Waals surface area contributed by atoms with E-state index in [1.165, 1.54) is 22.9 Å². The number of carbonyl (C=O) groups excluding carboxylic acids is 1. The molecule has 37 heavy (non-hydrogen) atoms. The number of methoxy groups -OCH3 is 2. The van der Waals surface area contributed by atoms with Crippen LogP contribution in [0.25, 0.3) is 0 Å². The van der Waals surface area contributed by atoms with Crippen LogP contribution in [0.3, 0.4) is 0 Å². The maximum absolute atomic E-state index is 13.8. The number of aliphatic hydroxyl groups is 1. The van der Waals surface area contributed by atoms with Gasteiger partial charge >= 0.3 is 6.03 Å². The van der Waals surface area contributed by atoms with Gasteiger partial charge in [-0.1, -0.05) is 42.3 Å². The second-order valence-electron chi connectivity index (χ2n) is 10.6. The van der Waals surface area contributed by atoms with Crippen LogP contribution in [0.15, 0.2) is 54.6 Å². The zero-order chi connectivity index (χ0) is 26.3. The molecule has 0 aromatic heterocycles. The third-order valence-electron chi connectivity index (χ3n) is 8.10. The molecule has 0 radical (unpaired) electrons. The van der Waals surface area contributed by atoms with Crippen LogP contribution in [0.1, 0.15) is 53.5 Å². The molecule has 7 heteroatoms. The van der Waals surface area contributed by atoms with Crippen LogP contribution in [0.4, 0.5) is 4.79 Å². The predicted molar refractivity (Wildman–Crippen MR) is 144 cm³/mol. The fourth-order valence-electron chi connectivity index (χ4n) is 6.54. The van der Waals surface area contributed by atoms with Crippen LogP contribution in [0, 0.1) is 13.8 Å². The van der Waals surface area contributed by atoms with E-state index in [0.29, 0.717) is 12.3 Å². The molecule has 2 saturated heterocycles. The molecular weight excluding hydrogens is 466 g/mol. The van der Waals surface area contributed by atoms with Crippen LogP contribution in [0.5, 0.6) is 11.5 Å². The highest BCUT2D eigenvalue weighted by Crippen LogP contribution is 2.49. The first-order chi connectivity index (χ1) is 17.8. The number of rotatable bonds is 5. The quantitative estimate of drug-likeness (QED) is 0.536. The molecule has 2 fully saturated rings. The first-order valence-corrected chi connectivity index (χ1v) is 13.0. The number of aliphatic hydroxyl groups excluding tert-OH is 1. The maximum Gasteiger partial charge on any atom is 0.329 e. The molecule has 3 heterocycles. The van der Waals surface area contributed by atoms with Gasteiger partial charge in [0.2, 0.25) is 0 Å². The number of hydrogen-bond donors (Lipinski definition) is 1. The van der Waals surface area contributed by atoms with Gasteiger partial charge in [-0.3, -0.25) is 14.7 Å². The van der Waals surface area contributed by atoms with Gasteiger partial charge in [-0.15, -0.1) is 0 Å². The summed E-state index contributed by atoms with van der Waals surface area (Å²) in [6.07, 6.45) is 6.33. The number of amides is 2. The number of urea groups is 1. The van der Waals surface area contributed by atoms with Gasteiger partial charge in [0, 0.05) is 49.1 Å². The Kier molecular flexibility index (Phi) is 6.67. The third kappa shape index (κ3) is 4.35. The minimum Gasteiger partial charge on any atom is -0.514 e. The minimum atomic E-state index is -0.497. The first kappa shape index (κ1) is 25.2. The van der Waals surface area contributed by atoms with E-state index in [1.807, 2.05) is 17.0 Å². The third-order valence-corrected chi connectivity index (χ3v) is 8.10. The largest absolute Gasteiger partial charge is 0.514 e. The molecule has 0 saturated carbocycles. The highest BCUT2D eigenvalue weighted by Gasteiger charge is 2.55. The number of aryl methyl sites for hydroxylation is 2. The SMILES string of the molecule is COc1cc2c(c(OC)c1)[C@@H](C)C=C1N(C2)C(=O)N(/C=C/O)C12CCN(Cc1cc(C)cc(C)c1)CC2. The molecule has 3 aliphatic heterocycles. The Labute approximate surface area is 219 Å². The average Bonchev–Trinajstić information content (AvgIpc) is 2.97. The lowest BCUT2D eigenvalue weighted by atomic mass is 9.82. The molecule has 0 aliphatic carbocycles. The Balaban J connectivity index is 1.48. The number of benzene rings is 2. The van der Waals surface area contributed by atoms with E-state index in [2.05, 4.69) is 49.9 Å².